The largest absolute Gasteiger partial charge is 0.486 e. The molecule has 1 fully saturated rings. The minimum absolute atomic E-state index is 0.139. The number of likely N-dealkylation sites (tertiary alicyclic amines) is 1. The summed E-state index contributed by atoms with van der Waals surface area (Å²) in [7, 11) is -3.69. The number of rotatable bonds is 7. The molecule has 166 valence electrons. The second kappa shape index (κ2) is 9.55. The molecule has 1 aromatic rings. The van der Waals surface area contributed by atoms with Crippen LogP contribution in [0.25, 0.3) is 0 Å². The number of carbonyl (C=O) groups excluding carboxylic acids is 2. The van der Waals surface area contributed by atoms with Crippen molar-refractivity contribution in [1.82, 2.24) is 4.90 Å². The molecule has 0 aliphatic carbocycles. The lowest BCUT2D eigenvalue weighted by molar-refractivity contribution is -0.151. The highest BCUT2D eigenvalue weighted by Gasteiger charge is 2.31. The van der Waals surface area contributed by atoms with Crippen LogP contribution in [0.15, 0.2) is 18.2 Å². The Labute approximate surface area is 176 Å². The maximum absolute atomic E-state index is 12.9. The Morgan fingerprint density at radius 2 is 1.80 bits per heavy atom. The predicted molar refractivity (Wildman–Crippen MR) is 110 cm³/mol. The summed E-state index contributed by atoms with van der Waals surface area (Å²) < 4.78 is 42.6. The molecule has 0 bridgehead atoms. The first kappa shape index (κ1) is 22.2. The molecular formula is C20H28N2O7S. The molecule has 0 N–H and O–H groups in total. The molecule has 0 saturated carbocycles. The fourth-order valence-electron chi connectivity index (χ4n) is 3.54. The van der Waals surface area contributed by atoms with E-state index >= 15 is 0 Å². The van der Waals surface area contributed by atoms with Gasteiger partial charge in [-0.25, -0.2) is 8.42 Å². The van der Waals surface area contributed by atoms with Crippen LogP contribution in [0.4, 0.5) is 5.69 Å². The molecule has 1 saturated heterocycles. The minimum atomic E-state index is -3.69. The quantitative estimate of drug-likeness (QED) is 0.591. The number of benzene rings is 1. The van der Waals surface area contributed by atoms with Gasteiger partial charge in [-0.3, -0.25) is 13.9 Å². The molecule has 0 spiro atoms. The average Bonchev–Trinajstić information content (AvgIpc) is 2.77. The first-order chi connectivity index (χ1) is 14.4. The van der Waals surface area contributed by atoms with Crippen molar-refractivity contribution in [3.8, 4) is 11.5 Å². The number of carbonyl (C=O) groups is 2. The summed E-state index contributed by atoms with van der Waals surface area (Å²) in [6, 6.07) is 4.85. The fourth-order valence-corrected chi connectivity index (χ4v) is 4.59. The van der Waals surface area contributed by atoms with Crippen LogP contribution in [-0.2, 0) is 24.3 Å². The number of hydrogen-bond donors (Lipinski definition) is 0. The van der Waals surface area contributed by atoms with Gasteiger partial charge >= 0.3 is 5.97 Å². The fraction of sp³-hybridized carbons (Fsp3) is 0.600. The zero-order valence-corrected chi connectivity index (χ0v) is 18.2. The topological polar surface area (TPSA) is 102 Å². The molecule has 0 aromatic heterocycles. The molecule has 2 heterocycles. The van der Waals surface area contributed by atoms with Gasteiger partial charge in [0, 0.05) is 19.2 Å². The molecule has 1 aromatic carbocycles. The van der Waals surface area contributed by atoms with Crippen molar-refractivity contribution in [3.05, 3.63) is 18.2 Å². The second-order valence-corrected chi connectivity index (χ2v) is 9.32. The van der Waals surface area contributed by atoms with Crippen LogP contribution in [0, 0.1) is 5.92 Å². The SMILES string of the molecule is CCOC(=O)C1CCN(C(=O)CN(c2ccc3c(c2)OCCO3)S(=O)(=O)CC)CC1. The van der Waals surface area contributed by atoms with Gasteiger partial charge in [-0.1, -0.05) is 0 Å². The Kier molecular flexibility index (Phi) is 7.06. The number of sulfonamides is 1. The molecule has 10 heteroatoms. The summed E-state index contributed by atoms with van der Waals surface area (Å²) in [6.07, 6.45) is 1.02. The van der Waals surface area contributed by atoms with Crippen molar-refractivity contribution in [1.29, 1.82) is 0 Å². The van der Waals surface area contributed by atoms with Crippen LogP contribution < -0.4 is 13.8 Å². The normalized spacial score (nSPS) is 16.8. The predicted octanol–water partition coefficient (Wildman–Crippen LogP) is 1.42. The maximum Gasteiger partial charge on any atom is 0.309 e. The molecule has 2 aliphatic rings. The van der Waals surface area contributed by atoms with Crippen LogP contribution in [0.1, 0.15) is 26.7 Å². The van der Waals surface area contributed by atoms with Crippen molar-refractivity contribution in [3.63, 3.8) is 0 Å². The summed E-state index contributed by atoms with van der Waals surface area (Å²) in [4.78, 5) is 26.4. The van der Waals surface area contributed by atoms with E-state index in [1.165, 1.54) is 6.92 Å². The summed E-state index contributed by atoms with van der Waals surface area (Å²) in [5.41, 5.74) is 0.357. The van der Waals surface area contributed by atoms with Gasteiger partial charge in [-0.15, -0.1) is 0 Å². The second-order valence-electron chi connectivity index (χ2n) is 7.14. The summed E-state index contributed by atoms with van der Waals surface area (Å²) in [5.74, 6) is 0.103. The van der Waals surface area contributed by atoms with Crippen molar-refractivity contribution in [2.75, 3.05) is 49.5 Å². The molecule has 30 heavy (non-hydrogen) atoms. The first-order valence-corrected chi connectivity index (χ1v) is 11.8. The minimum Gasteiger partial charge on any atom is -0.486 e. The van der Waals surface area contributed by atoms with E-state index in [2.05, 4.69) is 0 Å². The Morgan fingerprint density at radius 1 is 1.13 bits per heavy atom. The molecular weight excluding hydrogens is 412 g/mol. The Balaban J connectivity index is 1.72. The molecule has 3 rings (SSSR count). The molecule has 1 amide bonds. The van der Waals surface area contributed by atoms with Crippen LogP contribution >= 0.6 is 0 Å². The Bertz CT molecular complexity index is 879. The van der Waals surface area contributed by atoms with E-state index in [1.807, 2.05) is 0 Å². The van der Waals surface area contributed by atoms with Crippen molar-refractivity contribution < 1.29 is 32.2 Å². The van der Waals surface area contributed by atoms with E-state index in [0.29, 0.717) is 62.9 Å². The average molecular weight is 441 g/mol. The summed E-state index contributed by atoms with van der Waals surface area (Å²) >= 11 is 0. The van der Waals surface area contributed by atoms with Gasteiger partial charge in [0.15, 0.2) is 11.5 Å². The van der Waals surface area contributed by atoms with E-state index in [0.717, 1.165) is 4.31 Å². The van der Waals surface area contributed by atoms with Gasteiger partial charge in [0.2, 0.25) is 15.9 Å². The number of amides is 1. The van der Waals surface area contributed by atoms with Gasteiger partial charge in [-0.2, -0.15) is 0 Å². The van der Waals surface area contributed by atoms with Crippen LogP contribution in [-0.4, -0.2) is 70.4 Å². The number of ether oxygens (including phenoxy) is 3. The van der Waals surface area contributed by atoms with E-state index in [9.17, 15) is 18.0 Å². The van der Waals surface area contributed by atoms with Gasteiger partial charge in [0.05, 0.1) is 24.0 Å². The Morgan fingerprint density at radius 3 is 2.43 bits per heavy atom. The number of nitrogens with zero attached hydrogens (tertiary/aromatic N) is 2. The third-order valence-corrected chi connectivity index (χ3v) is 7.00. The van der Waals surface area contributed by atoms with E-state index in [-0.39, 0.29) is 30.1 Å². The lowest BCUT2D eigenvalue weighted by atomic mass is 9.97. The lowest BCUT2D eigenvalue weighted by Crippen LogP contribution is -2.47. The number of hydrogen-bond acceptors (Lipinski definition) is 7. The standard InChI is InChI=1S/C20H28N2O7S/c1-3-27-20(24)15-7-9-21(10-8-15)19(23)14-22(30(25,26)4-2)16-5-6-17-18(13-16)29-12-11-28-17/h5-6,13,15H,3-4,7-12,14H2,1-2H3. The van der Waals surface area contributed by atoms with Crippen LogP contribution in [0.2, 0.25) is 0 Å². The summed E-state index contributed by atoms with van der Waals surface area (Å²) in [5, 5.41) is 0. The van der Waals surface area contributed by atoms with Crippen molar-refractivity contribution in [2.24, 2.45) is 5.92 Å². The third kappa shape index (κ3) is 4.97. The smallest absolute Gasteiger partial charge is 0.309 e. The van der Waals surface area contributed by atoms with E-state index < -0.39 is 10.0 Å². The van der Waals surface area contributed by atoms with Crippen molar-refractivity contribution >= 4 is 27.6 Å². The van der Waals surface area contributed by atoms with Gasteiger partial charge in [0.1, 0.15) is 19.8 Å². The number of esters is 1. The monoisotopic (exact) mass is 440 g/mol. The zero-order chi connectivity index (χ0) is 21.7. The number of piperidine rings is 1. The van der Waals surface area contributed by atoms with Crippen LogP contribution in [0.5, 0.6) is 11.5 Å². The van der Waals surface area contributed by atoms with Crippen molar-refractivity contribution in [2.45, 2.75) is 26.7 Å². The zero-order valence-electron chi connectivity index (χ0n) is 17.3. The van der Waals surface area contributed by atoms with Gasteiger partial charge in [0.25, 0.3) is 0 Å². The van der Waals surface area contributed by atoms with Gasteiger partial charge < -0.3 is 19.1 Å². The highest BCUT2D eigenvalue weighted by atomic mass is 32.2. The van der Waals surface area contributed by atoms with Gasteiger partial charge in [-0.05, 0) is 38.8 Å². The van der Waals surface area contributed by atoms with E-state index in [4.69, 9.17) is 14.2 Å². The summed E-state index contributed by atoms with van der Waals surface area (Å²) in [6.45, 7) is 4.92. The lowest BCUT2D eigenvalue weighted by Gasteiger charge is -2.33. The molecule has 0 radical (unpaired) electrons. The first-order valence-electron chi connectivity index (χ1n) is 10.2. The highest BCUT2D eigenvalue weighted by molar-refractivity contribution is 7.92. The van der Waals surface area contributed by atoms with E-state index in [1.54, 1.807) is 30.0 Å². The molecule has 2 aliphatic heterocycles. The third-order valence-electron chi connectivity index (χ3n) is 5.26. The molecule has 9 nitrogen and oxygen atoms in total. The maximum atomic E-state index is 12.9. The molecule has 0 atom stereocenters. The molecule has 0 unspecified atom stereocenters. The Hall–Kier alpha value is -2.49. The highest BCUT2D eigenvalue weighted by Crippen LogP contribution is 2.35. The number of fused-ring (bicyclic) bond motifs is 1. The number of anilines is 1. The van der Waals surface area contributed by atoms with Crippen LogP contribution in [0.3, 0.4) is 0 Å².